The Kier molecular flexibility index (Phi) is 5.25. The molecule has 1 fully saturated rings. The molecule has 0 radical (unpaired) electrons. The maximum absolute atomic E-state index is 12.8. The lowest BCUT2D eigenvalue weighted by atomic mass is 9.79. The summed E-state index contributed by atoms with van der Waals surface area (Å²) in [4.78, 5) is 0. The van der Waals surface area contributed by atoms with Crippen molar-refractivity contribution in [2.75, 3.05) is 13.2 Å². The van der Waals surface area contributed by atoms with Crippen molar-refractivity contribution in [2.45, 2.75) is 38.9 Å². The molecule has 2 aromatic rings. The molecule has 0 bridgehead atoms. The van der Waals surface area contributed by atoms with Crippen LogP contribution in [0.2, 0.25) is 0 Å². The molecule has 0 atom stereocenters. The van der Waals surface area contributed by atoms with E-state index in [0.29, 0.717) is 19.0 Å². The van der Waals surface area contributed by atoms with Crippen LogP contribution in [0.4, 0.5) is 4.39 Å². The van der Waals surface area contributed by atoms with Crippen molar-refractivity contribution >= 4 is 12.6 Å². The number of hydrogen-bond acceptors (Lipinski definition) is 4. The monoisotopic (exact) mass is 358 g/mol. The maximum atomic E-state index is 12.8. The summed E-state index contributed by atoms with van der Waals surface area (Å²) in [7, 11) is -0.379. The second kappa shape index (κ2) is 7.29. The van der Waals surface area contributed by atoms with E-state index in [1.807, 2.05) is 52.0 Å². The molecule has 26 heavy (non-hydrogen) atoms. The molecule has 3 rings (SSSR count). The molecule has 138 valence electrons. The molecule has 1 saturated heterocycles. The van der Waals surface area contributed by atoms with E-state index < -0.39 is 0 Å². The molecule has 0 aromatic heterocycles. The number of hydrogen-bond donors (Lipinski definition) is 0. The molecule has 4 nitrogen and oxygen atoms in total. The quantitative estimate of drug-likeness (QED) is 0.584. The van der Waals surface area contributed by atoms with Crippen molar-refractivity contribution in [2.24, 2.45) is 0 Å². The first kappa shape index (κ1) is 18.7. The van der Waals surface area contributed by atoms with Crippen LogP contribution in [0.5, 0.6) is 11.5 Å². The molecule has 2 aromatic carbocycles. The first-order valence-electron chi connectivity index (χ1n) is 8.74. The molecule has 1 aliphatic rings. The zero-order valence-corrected chi connectivity index (χ0v) is 15.6. The Morgan fingerprint density at radius 1 is 0.769 bits per heavy atom. The molecular formula is C20H24BFO4. The van der Waals surface area contributed by atoms with E-state index in [2.05, 4.69) is 0 Å². The van der Waals surface area contributed by atoms with Gasteiger partial charge < -0.3 is 18.8 Å². The minimum absolute atomic E-state index is 0.282. The molecule has 0 amide bonds. The van der Waals surface area contributed by atoms with Gasteiger partial charge in [-0.05, 0) is 69.6 Å². The summed E-state index contributed by atoms with van der Waals surface area (Å²) in [5.41, 5.74) is 0.244. The molecule has 1 aliphatic heterocycles. The zero-order valence-electron chi connectivity index (χ0n) is 15.6. The lowest BCUT2D eigenvalue weighted by Gasteiger charge is -2.32. The summed E-state index contributed by atoms with van der Waals surface area (Å²) in [6.07, 6.45) is 0. The fraction of sp³-hybridized carbons (Fsp3) is 0.400. The largest absolute Gasteiger partial charge is 0.494 e. The Balaban J connectivity index is 1.48. The van der Waals surface area contributed by atoms with E-state index in [0.717, 1.165) is 11.2 Å². The molecule has 0 aliphatic carbocycles. The van der Waals surface area contributed by atoms with Crippen LogP contribution in [0.15, 0.2) is 48.5 Å². The molecule has 0 saturated carbocycles. The fourth-order valence-electron chi connectivity index (χ4n) is 2.55. The van der Waals surface area contributed by atoms with Gasteiger partial charge >= 0.3 is 7.12 Å². The molecule has 1 heterocycles. The Bertz CT molecular complexity index is 712. The SMILES string of the molecule is CC1(C)OB(c2ccc(OCCOc3ccc(F)cc3)cc2)OC1(C)C. The van der Waals surface area contributed by atoms with Crippen LogP contribution in [0, 0.1) is 5.82 Å². The van der Waals surface area contributed by atoms with Gasteiger partial charge in [0, 0.05) is 0 Å². The highest BCUT2D eigenvalue weighted by Gasteiger charge is 2.51. The minimum Gasteiger partial charge on any atom is -0.490 e. The first-order valence-corrected chi connectivity index (χ1v) is 8.74. The van der Waals surface area contributed by atoms with Gasteiger partial charge in [-0.3, -0.25) is 0 Å². The van der Waals surface area contributed by atoms with Gasteiger partial charge in [0.2, 0.25) is 0 Å². The van der Waals surface area contributed by atoms with Crippen LogP contribution in [0.1, 0.15) is 27.7 Å². The zero-order chi connectivity index (χ0) is 18.8. The van der Waals surface area contributed by atoms with Crippen molar-refractivity contribution in [3.8, 4) is 11.5 Å². The van der Waals surface area contributed by atoms with Gasteiger partial charge in [-0.15, -0.1) is 0 Å². The van der Waals surface area contributed by atoms with Crippen LogP contribution in [0.3, 0.4) is 0 Å². The van der Waals surface area contributed by atoms with E-state index in [1.165, 1.54) is 12.1 Å². The molecule has 6 heteroatoms. The summed E-state index contributed by atoms with van der Waals surface area (Å²) in [6, 6.07) is 13.6. The number of rotatable bonds is 6. The van der Waals surface area contributed by atoms with Crippen LogP contribution < -0.4 is 14.9 Å². The number of halogens is 1. The third kappa shape index (κ3) is 4.19. The summed E-state index contributed by atoms with van der Waals surface area (Å²) in [5, 5.41) is 0. The van der Waals surface area contributed by atoms with E-state index >= 15 is 0 Å². The molecular weight excluding hydrogens is 334 g/mol. The highest BCUT2D eigenvalue weighted by atomic mass is 19.1. The third-order valence-electron chi connectivity index (χ3n) is 4.84. The van der Waals surface area contributed by atoms with Crippen LogP contribution in [0.25, 0.3) is 0 Å². The van der Waals surface area contributed by atoms with Gasteiger partial charge in [-0.25, -0.2) is 4.39 Å². The lowest BCUT2D eigenvalue weighted by Crippen LogP contribution is -2.41. The summed E-state index contributed by atoms with van der Waals surface area (Å²) >= 11 is 0. The molecule has 0 N–H and O–H groups in total. The average molecular weight is 358 g/mol. The average Bonchev–Trinajstić information content (AvgIpc) is 2.82. The number of ether oxygens (including phenoxy) is 2. The van der Waals surface area contributed by atoms with E-state index in [4.69, 9.17) is 18.8 Å². The Labute approximate surface area is 154 Å². The van der Waals surface area contributed by atoms with Crippen molar-refractivity contribution in [1.29, 1.82) is 0 Å². The minimum atomic E-state index is -0.379. The highest BCUT2D eigenvalue weighted by molar-refractivity contribution is 6.62. The summed E-state index contributed by atoms with van der Waals surface area (Å²) in [5.74, 6) is 1.08. The van der Waals surface area contributed by atoms with Gasteiger partial charge in [0.15, 0.2) is 0 Å². The third-order valence-corrected chi connectivity index (χ3v) is 4.84. The van der Waals surface area contributed by atoms with Gasteiger partial charge in [0.25, 0.3) is 0 Å². The standard InChI is InChI=1S/C20H24BFO4/c1-19(2)20(3,4)26-21(25-19)15-5-9-17(10-6-15)23-13-14-24-18-11-7-16(22)8-12-18/h5-12H,13-14H2,1-4H3. The Morgan fingerprint density at radius 2 is 1.19 bits per heavy atom. The Morgan fingerprint density at radius 3 is 1.65 bits per heavy atom. The van der Waals surface area contributed by atoms with E-state index in [9.17, 15) is 4.39 Å². The van der Waals surface area contributed by atoms with E-state index in [1.54, 1.807) is 12.1 Å². The van der Waals surface area contributed by atoms with Crippen LogP contribution in [-0.2, 0) is 9.31 Å². The fourth-order valence-corrected chi connectivity index (χ4v) is 2.55. The highest BCUT2D eigenvalue weighted by Crippen LogP contribution is 2.36. The summed E-state index contributed by atoms with van der Waals surface area (Å²) in [6.45, 7) is 8.91. The normalized spacial score (nSPS) is 18.0. The predicted octanol–water partition coefficient (Wildman–Crippen LogP) is 3.58. The van der Waals surface area contributed by atoms with Gasteiger partial charge in [0.1, 0.15) is 30.5 Å². The maximum Gasteiger partial charge on any atom is 0.494 e. The predicted molar refractivity (Wildman–Crippen MR) is 99.5 cm³/mol. The Hall–Kier alpha value is -2.05. The van der Waals surface area contributed by atoms with Crippen LogP contribution >= 0.6 is 0 Å². The van der Waals surface area contributed by atoms with Crippen molar-refractivity contribution in [3.05, 3.63) is 54.3 Å². The topological polar surface area (TPSA) is 36.9 Å². The second-order valence-electron chi connectivity index (χ2n) is 7.31. The van der Waals surface area contributed by atoms with Gasteiger partial charge in [-0.1, -0.05) is 12.1 Å². The first-order chi connectivity index (χ1) is 12.3. The molecule has 0 spiro atoms. The van der Waals surface area contributed by atoms with Crippen molar-refractivity contribution < 1.29 is 23.2 Å². The van der Waals surface area contributed by atoms with Gasteiger partial charge in [0.05, 0.1) is 11.2 Å². The smallest absolute Gasteiger partial charge is 0.490 e. The second-order valence-corrected chi connectivity index (χ2v) is 7.31. The van der Waals surface area contributed by atoms with Crippen LogP contribution in [-0.4, -0.2) is 31.5 Å². The lowest BCUT2D eigenvalue weighted by molar-refractivity contribution is 0.00578. The number of benzene rings is 2. The van der Waals surface area contributed by atoms with E-state index in [-0.39, 0.29) is 24.1 Å². The van der Waals surface area contributed by atoms with Crippen molar-refractivity contribution in [1.82, 2.24) is 0 Å². The summed E-state index contributed by atoms with van der Waals surface area (Å²) < 4.78 is 36.1. The molecule has 0 unspecified atom stereocenters. The van der Waals surface area contributed by atoms with Gasteiger partial charge in [-0.2, -0.15) is 0 Å². The van der Waals surface area contributed by atoms with Crippen molar-refractivity contribution in [3.63, 3.8) is 0 Å².